The molecule has 0 aromatic carbocycles. The summed E-state index contributed by atoms with van der Waals surface area (Å²) < 4.78 is 0. The van der Waals surface area contributed by atoms with Crippen molar-refractivity contribution in [1.29, 1.82) is 0 Å². The SMILES string of the molecule is CNC(=O)CNCCC(=O)N(C)C. The molecule has 0 saturated heterocycles. The third-order valence-corrected chi connectivity index (χ3v) is 1.58. The summed E-state index contributed by atoms with van der Waals surface area (Å²) in [4.78, 5) is 23.3. The zero-order chi connectivity index (χ0) is 10.3. The molecule has 5 nitrogen and oxygen atoms in total. The predicted octanol–water partition coefficient (Wildman–Crippen LogP) is -1.20. The zero-order valence-corrected chi connectivity index (χ0v) is 8.39. The van der Waals surface area contributed by atoms with Gasteiger partial charge in [-0.15, -0.1) is 0 Å². The lowest BCUT2D eigenvalue weighted by Gasteiger charge is -2.09. The van der Waals surface area contributed by atoms with E-state index in [0.717, 1.165) is 0 Å². The van der Waals surface area contributed by atoms with Crippen molar-refractivity contribution < 1.29 is 9.59 Å². The number of carbonyl (C=O) groups is 2. The van der Waals surface area contributed by atoms with Crippen LogP contribution >= 0.6 is 0 Å². The molecule has 0 aromatic rings. The van der Waals surface area contributed by atoms with Crippen molar-refractivity contribution in [3.8, 4) is 0 Å². The molecule has 0 aliphatic heterocycles. The molecule has 76 valence electrons. The van der Waals surface area contributed by atoms with Gasteiger partial charge in [-0.05, 0) is 0 Å². The van der Waals surface area contributed by atoms with Gasteiger partial charge >= 0.3 is 0 Å². The van der Waals surface area contributed by atoms with Crippen molar-refractivity contribution in [3.05, 3.63) is 0 Å². The van der Waals surface area contributed by atoms with Crippen molar-refractivity contribution in [2.24, 2.45) is 0 Å². The lowest BCUT2D eigenvalue weighted by Crippen LogP contribution is -2.33. The number of likely N-dealkylation sites (N-methyl/N-ethyl adjacent to an activating group) is 1. The third kappa shape index (κ3) is 6.10. The molecule has 0 unspecified atom stereocenters. The molecule has 0 aliphatic rings. The third-order valence-electron chi connectivity index (χ3n) is 1.58. The fraction of sp³-hybridized carbons (Fsp3) is 0.750. The lowest BCUT2D eigenvalue weighted by atomic mass is 10.4. The first-order valence-electron chi connectivity index (χ1n) is 4.19. The van der Waals surface area contributed by atoms with Crippen molar-refractivity contribution in [3.63, 3.8) is 0 Å². The van der Waals surface area contributed by atoms with E-state index in [4.69, 9.17) is 0 Å². The van der Waals surface area contributed by atoms with E-state index in [1.54, 1.807) is 21.1 Å². The van der Waals surface area contributed by atoms with Crippen molar-refractivity contribution >= 4 is 11.8 Å². The van der Waals surface area contributed by atoms with Gasteiger partial charge in [-0.25, -0.2) is 0 Å². The van der Waals surface area contributed by atoms with Crippen LogP contribution in [0, 0.1) is 0 Å². The van der Waals surface area contributed by atoms with Gasteiger partial charge in [0.05, 0.1) is 6.54 Å². The molecule has 0 atom stereocenters. The molecule has 2 amide bonds. The Bertz CT molecular complexity index is 180. The minimum atomic E-state index is -0.0719. The van der Waals surface area contributed by atoms with Gasteiger partial charge in [0.25, 0.3) is 0 Å². The minimum absolute atomic E-state index is 0.0596. The Morgan fingerprint density at radius 2 is 1.92 bits per heavy atom. The molecule has 0 heterocycles. The molecule has 0 saturated carbocycles. The fourth-order valence-corrected chi connectivity index (χ4v) is 0.709. The second kappa shape index (κ2) is 6.42. The normalized spacial score (nSPS) is 9.46. The van der Waals surface area contributed by atoms with Crippen molar-refractivity contribution in [1.82, 2.24) is 15.5 Å². The molecule has 13 heavy (non-hydrogen) atoms. The molecule has 0 spiro atoms. The summed E-state index contributed by atoms with van der Waals surface area (Å²) in [6.07, 6.45) is 0.421. The standard InChI is InChI=1S/C8H17N3O2/c1-9-7(12)6-10-5-4-8(13)11(2)3/h10H,4-6H2,1-3H3,(H,9,12). The van der Waals surface area contributed by atoms with Crippen LogP contribution in [0.3, 0.4) is 0 Å². The summed E-state index contributed by atoms with van der Waals surface area (Å²) in [5.41, 5.74) is 0. The molecule has 0 rings (SSSR count). The van der Waals surface area contributed by atoms with E-state index >= 15 is 0 Å². The molecular weight excluding hydrogens is 170 g/mol. The van der Waals surface area contributed by atoms with Crippen LogP contribution in [-0.4, -0.2) is 50.9 Å². The maximum atomic E-state index is 11.0. The van der Waals surface area contributed by atoms with Crippen LogP contribution in [0.4, 0.5) is 0 Å². The van der Waals surface area contributed by atoms with E-state index in [0.29, 0.717) is 13.0 Å². The number of nitrogens with zero attached hydrogens (tertiary/aromatic N) is 1. The van der Waals surface area contributed by atoms with Gasteiger partial charge < -0.3 is 15.5 Å². The van der Waals surface area contributed by atoms with Crippen LogP contribution in [0.5, 0.6) is 0 Å². The minimum Gasteiger partial charge on any atom is -0.358 e. The summed E-state index contributed by atoms with van der Waals surface area (Å²) in [6.45, 7) is 0.793. The lowest BCUT2D eigenvalue weighted by molar-refractivity contribution is -0.128. The van der Waals surface area contributed by atoms with E-state index in [-0.39, 0.29) is 18.4 Å². The number of hydrogen-bond acceptors (Lipinski definition) is 3. The maximum Gasteiger partial charge on any atom is 0.233 e. The topological polar surface area (TPSA) is 61.4 Å². The van der Waals surface area contributed by atoms with Gasteiger partial charge in [-0.1, -0.05) is 0 Å². The van der Waals surface area contributed by atoms with Gasteiger partial charge in [0.2, 0.25) is 11.8 Å². The van der Waals surface area contributed by atoms with E-state index in [2.05, 4.69) is 10.6 Å². The average Bonchev–Trinajstić information content (AvgIpc) is 2.11. The van der Waals surface area contributed by atoms with Crippen LogP contribution in [0.25, 0.3) is 0 Å². The molecule has 0 radical (unpaired) electrons. The Morgan fingerprint density at radius 3 is 2.38 bits per heavy atom. The van der Waals surface area contributed by atoms with E-state index in [9.17, 15) is 9.59 Å². The monoisotopic (exact) mass is 187 g/mol. The van der Waals surface area contributed by atoms with Crippen LogP contribution in [-0.2, 0) is 9.59 Å². The van der Waals surface area contributed by atoms with Gasteiger partial charge in [-0.2, -0.15) is 0 Å². The Hall–Kier alpha value is -1.10. The Kier molecular flexibility index (Phi) is 5.88. The van der Waals surface area contributed by atoms with E-state index < -0.39 is 0 Å². The van der Waals surface area contributed by atoms with Gasteiger partial charge in [0.1, 0.15) is 0 Å². The van der Waals surface area contributed by atoms with Crippen molar-refractivity contribution in [2.45, 2.75) is 6.42 Å². The first-order chi connectivity index (χ1) is 6.07. The molecule has 5 heteroatoms. The highest BCUT2D eigenvalue weighted by atomic mass is 16.2. The average molecular weight is 187 g/mol. The molecule has 0 aromatic heterocycles. The highest BCUT2D eigenvalue weighted by Crippen LogP contribution is 1.83. The van der Waals surface area contributed by atoms with E-state index in [1.165, 1.54) is 4.90 Å². The summed E-state index contributed by atoms with van der Waals surface area (Å²) in [5, 5.41) is 5.34. The first kappa shape index (κ1) is 11.9. The van der Waals surface area contributed by atoms with Crippen LogP contribution in [0.1, 0.15) is 6.42 Å². The molecule has 0 bridgehead atoms. The number of rotatable bonds is 5. The molecule has 0 aliphatic carbocycles. The molecular formula is C8H17N3O2. The maximum absolute atomic E-state index is 11.0. The first-order valence-corrected chi connectivity index (χ1v) is 4.19. The number of carbonyl (C=O) groups excluding carboxylic acids is 2. The summed E-state index contributed by atoms with van der Waals surface area (Å²) in [5.74, 6) is -0.0123. The highest BCUT2D eigenvalue weighted by molar-refractivity contribution is 5.78. The summed E-state index contributed by atoms with van der Waals surface area (Å²) in [7, 11) is 5.00. The Morgan fingerprint density at radius 1 is 1.31 bits per heavy atom. The largest absolute Gasteiger partial charge is 0.358 e. The van der Waals surface area contributed by atoms with Gasteiger partial charge in [-0.3, -0.25) is 9.59 Å². The van der Waals surface area contributed by atoms with Gasteiger partial charge in [0, 0.05) is 34.1 Å². The zero-order valence-electron chi connectivity index (χ0n) is 8.39. The molecule has 2 N–H and O–H groups in total. The predicted molar refractivity (Wildman–Crippen MR) is 50.2 cm³/mol. The number of nitrogens with one attached hydrogen (secondary N) is 2. The fourth-order valence-electron chi connectivity index (χ4n) is 0.709. The quantitative estimate of drug-likeness (QED) is 0.531. The van der Waals surface area contributed by atoms with Crippen molar-refractivity contribution in [2.75, 3.05) is 34.2 Å². The summed E-state index contributed by atoms with van der Waals surface area (Å²) in [6, 6.07) is 0. The smallest absolute Gasteiger partial charge is 0.233 e. The molecule has 0 fully saturated rings. The van der Waals surface area contributed by atoms with Crippen LogP contribution in [0.2, 0.25) is 0 Å². The Balaban J connectivity index is 3.36. The van der Waals surface area contributed by atoms with Crippen LogP contribution < -0.4 is 10.6 Å². The second-order valence-corrected chi connectivity index (χ2v) is 2.89. The summed E-state index contributed by atoms with van der Waals surface area (Å²) >= 11 is 0. The van der Waals surface area contributed by atoms with Gasteiger partial charge in [0.15, 0.2) is 0 Å². The van der Waals surface area contributed by atoms with E-state index in [1.807, 2.05) is 0 Å². The second-order valence-electron chi connectivity index (χ2n) is 2.89. The highest BCUT2D eigenvalue weighted by Gasteiger charge is 2.03. The van der Waals surface area contributed by atoms with Crippen LogP contribution in [0.15, 0.2) is 0 Å². The number of amides is 2. The Labute approximate surface area is 78.5 Å². The number of hydrogen-bond donors (Lipinski definition) is 2.